The van der Waals surface area contributed by atoms with Crippen molar-refractivity contribution in [2.75, 3.05) is 24.2 Å². The first-order chi connectivity index (χ1) is 8.66. The lowest BCUT2D eigenvalue weighted by molar-refractivity contribution is 0.286. The lowest BCUT2D eigenvalue weighted by Gasteiger charge is -2.15. The van der Waals surface area contributed by atoms with E-state index in [1.165, 1.54) is 0 Å². The Morgan fingerprint density at radius 3 is 2.83 bits per heavy atom. The Morgan fingerprint density at radius 2 is 2.11 bits per heavy atom. The smallest absolute Gasteiger partial charge is 0.204 e. The van der Waals surface area contributed by atoms with Crippen molar-refractivity contribution >= 4 is 17.0 Å². The van der Waals surface area contributed by atoms with Gasteiger partial charge < -0.3 is 16.2 Å². The summed E-state index contributed by atoms with van der Waals surface area (Å²) < 4.78 is 1.64. The molecule has 4 N–H and O–H groups in total. The third kappa shape index (κ3) is 2.08. The SMILES string of the molecule is Cc1c(NCCCCO)c(N)c2nnnn2c1C. The monoisotopic (exact) mass is 250 g/mol. The molecule has 0 fully saturated rings. The number of pyridine rings is 1. The summed E-state index contributed by atoms with van der Waals surface area (Å²) in [6.45, 7) is 4.92. The molecular weight excluding hydrogens is 232 g/mol. The summed E-state index contributed by atoms with van der Waals surface area (Å²) >= 11 is 0. The van der Waals surface area contributed by atoms with Gasteiger partial charge in [0.1, 0.15) is 5.69 Å². The Hall–Kier alpha value is -1.89. The highest BCUT2D eigenvalue weighted by Crippen LogP contribution is 2.28. The Morgan fingerprint density at radius 1 is 1.33 bits per heavy atom. The molecule has 2 aromatic heterocycles. The quantitative estimate of drug-likeness (QED) is 0.668. The van der Waals surface area contributed by atoms with E-state index in [2.05, 4.69) is 20.8 Å². The van der Waals surface area contributed by atoms with Crippen LogP contribution in [0.3, 0.4) is 0 Å². The number of unbranched alkanes of at least 4 members (excludes halogenated alkanes) is 1. The van der Waals surface area contributed by atoms with Crippen molar-refractivity contribution in [1.29, 1.82) is 0 Å². The second kappa shape index (κ2) is 5.18. The standard InChI is InChI=1S/C11H18N6O/c1-7-8(2)17-11(14-15-16-17)9(12)10(7)13-5-3-4-6-18/h13,18H,3-6,12H2,1-2H3. The fourth-order valence-electron chi connectivity index (χ4n) is 1.91. The van der Waals surface area contributed by atoms with Crippen molar-refractivity contribution in [1.82, 2.24) is 20.0 Å². The molecular formula is C11H18N6O. The van der Waals surface area contributed by atoms with Crippen LogP contribution in [0.2, 0.25) is 0 Å². The Balaban J connectivity index is 2.31. The van der Waals surface area contributed by atoms with Gasteiger partial charge in [-0.05, 0) is 42.7 Å². The number of nitrogens with one attached hydrogen (secondary N) is 1. The lowest BCUT2D eigenvalue weighted by Crippen LogP contribution is -2.10. The first kappa shape index (κ1) is 12.6. The van der Waals surface area contributed by atoms with Crippen LogP contribution < -0.4 is 11.1 Å². The van der Waals surface area contributed by atoms with Crippen molar-refractivity contribution in [2.24, 2.45) is 0 Å². The number of fused-ring (bicyclic) bond motifs is 1. The Bertz CT molecular complexity index is 550. The van der Waals surface area contributed by atoms with Gasteiger partial charge >= 0.3 is 0 Å². The maximum Gasteiger partial charge on any atom is 0.204 e. The van der Waals surface area contributed by atoms with Crippen molar-refractivity contribution < 1.29 is 5.11 Å². The molecule has 98 valence electrons. The van der Waals surface area contributed by atoms with E-state index in [1.54, 1.807) is 4.52 Å². The van der Waals surface area contributed by atoms with E-state index in [9.17, 15) is 0 Å². The Labute approximate surface area is 105 Å². The first-order valence-corrected chi connectivity index (χ1v) is 5.98. The number of nitrogen functional groups attached to an aromatic ring is 1. The number of hydrogen-bond acceptors (Lipinski definition) is 6. The van der Waals surface area contributed by atoms with Gasteiger partial charge in [0.15, 0.2) is 0 Å². The molecule has 0 saturated carbocycles. The van der Waals surface area contributed by atoms with Crippen LogP contribution in [0.1, 0.15) is 24.1 Å². The normalized spacial score (nSPS) is 11.1. The summed E-state index contributed by atoms with van der Waals surface area (Å²) in [5, 5.41) is 23.5. The maximum absolute atomic E-state index is 8.75. The molecule has 0 unspecified atom stereocenters. The van der Waals surface area contributed by atoms with Crippen LogP contribution in [-0.2, 0) is 0 Å². The van der Waals surface area contributed by atoms with Crippen molar-refractivity contribution in [3.8, 4) is 0 Å². The number of anilines is 2. The molecule has 0 saturated heterocycles. The van der Waals surface area contributed by atoms with Crippen LogP contribution in [0.25, 0.3) is 5.65 Å². The zero-order valence-electron chi connectivity index (χ0n) is 10.6. The predicted octanol–water partition coefficient (Wildman–Crippen LogP) is 0.508. The number of tetrazole rings is 1. The molecule has 7 nitrogen and oxygen atoms in total. The van der Waals surface area contributed by atoms with E-state index in [4.69, 9.17) is 10.8 Å². The number of rotatable bonds is 5. The van der Waals surface area contributed by atoms with Crippen molar-refractivity contribution in [3.63, 3.8) is 0 Å². The molecule has 2 aromatic rings. The van der Waals surface area contributed by atoms with Gasteiger partial charge in [-0.2, -0.15) is 4.52 Å². The van der Waals surface area contributed by atoms with E-state index in [0.29, 0.717) is 11.3 Å². The zero-order valence-corrected chi connectivity index (χ0v) is 10.6. The summed E-state index contributed by atoms with van der Waals surface area (Å²) in [5.41, 5.74) is 10.1. The number of aromatic nitrogens is 4. The minimum atomic E-state index is 0.211. The van der Waals surface area contributed by atoms with Crippen LogP contribution in [-0.4, -0.2) is 38.3 Å². The van der Waals surface area contributed by atoms with Gasteiger partial charge in [0.05, 0.1) is 5.69 Å². The van der Waals surface area contributed by atoms with E-state index >= 15 is 0 Å². The third-order valence-electron chi connectivity index (χ3n) is 3.10. The van der Waals surface area contributed by atoms with Gasteiger partial charge in [0.25, 0.3) is 0 Å². The van der Waals surface area contributed by atoms with E-state index in [0.717, 1.165) is 36.3 Å². The van der Waals surface area contributed by atoms with Crippen LogP contribution in [0.15, 0.2) is 0 Å². The molecule has 0 atom stereocenters. The summed E-state index contributed by atoms with van der Waals surface area (Å²) in [6.07, 6.45) is 1.67. The number of hydrogen-bond donors (Lipinski definition) is 3. The highest BCUT2D eigenvalue weighted by Gasteiger charge is 2.14. The van der Waals surface area contributed by atoms with E-state index in [1.807, 2.05) is 13.8 Å². The number of aryl methyl sites for hydroxylation is 1. The molecule has 0 bridgehead atoms. The second-order valence-electron chi connectivity index (χ2n) is 4.27. The van der Waals surface area contributed by atoms with Gasteiger partial charge in [-0.1, -0.05) is 0 Å². The average molecular weight is 250 g/mol. The average Bonchev–Trinajstić information content (AvgIpc) is 2.85. The number of aliphatic hydroxyl groups excluding tert-OH is 1. The molecule has 0 aliphatic carbocycles. The number of nitrogens with two attached hydrogens (primary N) is 1. The fraction of sp³-hybridized carbons (Fsp3) is 0.545. The number of aliphatic hydroxyl groups is 1. The third-order valence-corrected chi connectivity index (χ3v) is 3.10. The minimum absolute atomic E-state index is 0.211. The van der Waals surface area contributed by atoms with Gasteiger partial charge in [-0.25, -0.2) is 0 Å². The second-order valence-corrected chi connectivity index (χ2v) is 4.27. The van der Waals surface area contributed by atoms with Gasteiger partial charge in [0.2, 0.25) is 5.65 Å². The molecule has 7 heteroatoms. The van der Waals surface area contributed by atoms with Gasteiger partial charge in [0, 0.05) is 18.8 Å². The molecule has 0 aromatic carbocycles. The molecule has 0 amide bonds. The highest BCUT2D eigenvalue weighted by atomic mass is 16.2. The van der Waals surface area contributed by atoms with Crippen LogP contribution >= 0.6 is 0 Å². The van der Waals surface area contributed by atoms with Crippen LogP contribution in [0, 0.1) is 13.8 Å². The zero-order chi connectivity index (χ0) is 13.1. The summed E-state index contributed by atoms with van der Waals surface area (Å²) in [5.74, 6) is 0. The lowest BCUT2D eigenvalue weighted by atomic mass is 10.1. The minimum Gasteiger partial charge on any atom is -0.396 e. The number of nitrogens with zero attached hydrogens (tertiary/aromatic N) is 4. The molecule has 0 radical (unpaired) electrons. The van der Waals surface area contributed by atoms with Crippen molar-refractivity contribution in [2.45, 2.75) is 26.7 Å². The topological polar surface area (TPSA) is 101 Å². The Kier molecular flexibility index (Phi) is 3.61. The molecule has 2 rings (SSSR count). The molecule has 0 spiro atoms. The summed E-state index contributed by atoms with van der Waals surface area (Å²) in [4.78, 5) is 0. The summed E-state index contributed by atoms with van der Waals surface area (Å²) in [7, 11) is 0. The van der Waals surface area contributed by atoms with Gasteiger partial charge in [-0.3, -0.25) is 0 Å². The molecule has 0 aliphatic heterocycles. The van der Waals surface area contributed by atoms with Crippen LogP contribution in [0.4, 0.5) is 11.4 Å². The molecule has 2 heterocycles. The maximum atomic E-state index is 8.75. The van der Waals surface area contributed by atoms with Crippen LogP contribution in [0.5, 0.6) is 0 Å². The predicted molar refractivity (Wildman–Crippen MR) is 69.5 cm³/mol. The highest BCUT2D eigenvalue weighted by molar-refractivity contribution is 5.82. The summed E-state index contributed by atoms with van der Waals surface area (Å²) in [6, 6.07) is 0. The van der Waals surface area contributed by atoms with E-state index in [-0.39, 0.29) is 6.61 Å². The van der Waals surface area contributed by atoms with Crippen molar-refractivity contribution in [3.05, 3.63) is 11.3 Å². The van der Waals surface area contributed by atoms with Gasteiger partial charge in [-0.15, -0.1) is 5.10 Å². The fourth-order valence-corrected chi connectivity index (χ4v) is 1.91. The largest absolute Gasteiger partial charge is 0.396 e. The molecule has 0 aliphatic rings. The molecule has 18 heavy (non-hydrogen) atoms. The van der Waals surface area contributed by atoms with E-state index < -0.39 is 0 Å². The first-order valence-electron chi connectivity index (χ1n) is 5.98.